The van der Waals surface area contributed by atoms with Crippen LogP contribution in [0.1, 0.15) is 26.7 Å². The van der Waals surface area contributed by atoms with E-state index in [0.717, 1.165) is 6.42 Å². The zero-order valence-corrected chi connectivity index (χ0v) is 12.0. The van der Waals surface area contributed by atoms with Crippen molar-refractivity contribution >= 4 is 11.6 Å². The normalized spacial score (nSPS) is 12.3. The number of para-hydroxylation sites is 2. The molecule has 0 saturated heterocycles. The fraction of sp³-hybridized carbons (Fsp3) is 0.533. The van der Waals surface area contributed by atoms with Crippen molar-refractivity contribution in [3.05, 3.63) is 24.3 Å². The van der Waals surface area contributed by atoms with Gasteiger partial charge in [0.1, 0.15) is 5.75 Å². The average Bonchev–Trinajstić information content (AvgIpc) is 2.38. The number of carbonyl (C=O) groups excluding carboxylic acids is 1. The minimum Gasteiger partial charge on any atom is -0.495 e. The second kappa shape index (κ2) is 7.79. The molecule has 4 heteroatoms. The Balaban J connectivity index is 2.59. The molecule has 0 fully saturated rings. The highest BCUT2D eigenvalue weighted by Gasteiger charge is 2.15. The standard InChI is InChI=1S/C15H24N2O2/c1-11(2)8-12(10-16)9-15(18)17-13-6-4-5-7-14(13)19-3/h4-7,11-12H,8-10,16H2,1-3H3,(H,17,18). The largest absolute Gasteiger partial charge is 0.495 e. The highest BCUT2D eigenvalue weighted by Crippen LogP contribution is 2.24. The average molecular weight is 264 g/mol. The zero-order valence-electron chi connectivity index (χ0n) is 12.0. The topological polar surface area (TPSA) is 64.3 Å². The Morgan fingerprint density at radius 1 is 1.37 bits per heavy atom. The summed E-state index contributed by atoms with van der Waals surface area (Å²) in [7, 11) is 1.59. The van der Waals surface area contributed by atoms with Crippen LogP contribution >= 0.6 is 0 Å². The Morgan fingerprint density at radius 3 is 2.63 bits per heavy atom. The van der Waals surface area contributed by atoms with Gasteiger partial charge in [0.25, 0.3) is 0 Å². The molecule has 4 nitrogen and oxygen atoms in total. The van der Waals surface area contributed by atoms with Gasteiger partial charge in [0.05, 0.1) is 12.8 Å². The number of amides is 1. The predicted molar refractivity (Wildman–Crippen MR) is 78.2 cm³/mol. The fourth-order valence-electron chi connectivity index (χ4n) is 2.14. The number of hydrogen-bond acceptors (Lipinski definition) is 3. The van der Waals surface area contributed by atoms with E-state index < -0.39 is 0 Å². The summed E-state index contributed by atoms with van der Waals surface area (Å²) in [6, 6.07) is 7.39. The summed E-state index contributed by atoms with van der Waals surface area (Å²) < 4.78 is 5.20. The molecule has 0 saturated carbocycles. The zero-order chi connectivity index (χ0) is 14.3. The Kier molecular flexibility index (Phi) is 6.36. The highest BCUT2D eigenvalue weighted by molar-refractivity contribution is 5.92. The molecule has 0 aliphatic rings. The van der Waals surface area contributed by atoms with Crippen LogP contribution in [-0.4, -0.2) is 19.6 Å². The van der Waals surface area contributed by atoms with Crippen molar-refractivity contribution in [2.24, 2.45) is 17.6 Å². The monoisotopic (exact) mass is 264 g/mol. The molecule has 0 aliphatic carbocycles. The van der Waals surface area contributed by atoms with Gasteiger partial charge in [-0.1, -0.05) is 26.0 Å². The lowest BCUT2D eigenvalue weighted by atomic mass is 9.94. The lowest BCUT2D eigenvalue weighted by Gasteiger charge is -2.17. The molecule has 0 aromatic heterocycles. The molecular formula is C15H24N2O2. The van der Waals surface area contributed by atoms with E-state index in [1.807, 2.05) is 24.3 Å². The maximum atomic E-state index is 12.0. The van der Waals surface area contributed by atoms with E-state index in [1.54, 1.807) is 7.11 Å². The fourth-order valence-corrected chi connectivity index (χ4v) is 2.14. The van der Waals surface area contributed by atoms with Crippen molar-refractivity contribution < 1.29 is 9.53 Å². The van der Waals surface area contributed by atoms with Crippen molar-refractivity contribution in [3.63, 3.8) is 0 Å². The van der Waals surface area contributed by atoms with Crippen molar-refractivity contribution in [2.75, 3.05) is 19.0 Å². The molecule has 0 radical (unpaired) electrons. The van der Waals surface area contributed by atoms with Crippen molar-refractivity contribution in [1.82, 2.24) is 0 Å². The number of carbonyl (C=O) groups is 1. The van der Waals surface area contributed by atoms with Crippen molar-refractivity contribution in [1.29, 1.82) is 0 Å². The molecule has 19 heavy (non-hydrogen) atoms. The molecule has 0 bridgehead atoms. The van der Waals surface area contributed by atoms with Crippen LogP contribution < -0.4 is 15.8 Å². The number of anilines is 1. The van der Waals surface area contributed by atoms with Crippen LogP contribution in [0.5, 0.6) is 5.75 Å². The second-order valence-corrected chi connectivity index (χ2v) is 5.18. The summed E-state index contributed by atoms with van der Waals surface area (Å²) in [6.45, 7) is 4.82. The van der Waals surface area contributed by atoms with E-state index in [9.17, 15) is 4.79 Å². The van der Waals surface area contributed by atoms with Gasteiger partial charge in [0, 0.05) is 6.42 Å². The molecule has 106 valence electrons. The van der Waals surface area contributed by atoms with Crippen LogP contribution in [0.25, 0.3) is 0 Å². The Labute approximate surface area is 115 Å². The number of hydrogen-bond donors (Lipinski definition) is 2. The molecule has 3 N–H and O–H groups in total. The first kappa shape index (κ1) is 15.5. The molecule has 1 amide bonds. The van der Waals surface area contributed by atoms with Crippen molar-refractivity contribution in [2.45, 2.75) is 26.7 Å². The number of ether oxygens (including phenoxy) is 1. The second-order valence-electron chi connectivity index (χ2n) is 5.18. The maximum Gasteiger partial charge on any atom is 0.224 e. The molecule has 1 unspecified atom stereocenters. The van der Waals surface area contributed by atoms with Crippen LogP contribution in [-0.2, 0) is 4.79 Å². The maximum absolute atomic E-state index is 12.0. The summed E-state index contributed by atoms with van der Waals surface area (Å²) in [5.41, 5.74) is 6.42. The van der Waals surface area contributed by atoms with E-state index in [2.05, 4.69) is 19.2 Å². The summed E-state index contributed by atoms with van der Waals surface area (Å²) in [6.07, 6.45) is 1.42. The van der Waals surface area contributed by atoms with Gasteiger partial charge in [0.2, 0.25) is 5.91 Å². The third-order valence-corrected chi connectivity index (χ3v) is 2.99. The van der Waals surface area contributed by atoms with Gasteiger partial charge < -0.3 is 15.8 Å². The minimum atomic E-state index is -0.0133. The van der Waals surface area contributed by atoms with E-state index in [4.69, 9.17) is 10.5 Å². The van der Waals surface area contributed by atoms with Crippen LogP contribution in [0, 0.1) is 11.8 Å². The lowest BCUT2D eigenvalue weighted by Crippen LogP contribution is -2.23. The lowest BCUT2D eigenvalue weighted by molar-refractivity contribution is -0.117. The molecule has 1 aromatic carbocycles. The molecular weight excluding hydrogens is 240 g/mol. The smallest absolute Gasteiger partial charge is 0.224 e. The molecule has 0 heterocycles. The van der Waals surface area contributed by atoms with Gasteiger partial charge in [-0.3, -0.25) is 4.79 Å². The Bertz CT molecular complexity index is 405. The third kappa shape index (κ3) is 5.30. The van der Waals surface area contributed by atoms with Gasteiger partial charge in [-0.2, -0.15) is 0 Å². The number of rotatable bonds is 7. The summed E-state index contributed by atoms with van der Waals surface area (Å²) in [5.74, 6) is 1.44. The van der Waals surface area contributed by atoms with Crippen molar-refractivity contribution in [3.8, 4) is 5.75 Å². The molecule has 1 atom stereocenters. The SMILES string of the molecule is COc1ccccc1NC(=O)CC(CN)CC(C)C. The Morgan fingerprint density at radius 2 is 2.05 bits per heavy atom. The van der Waals surface area contributed by atoms with E-state index in [1.165, 1.54) is 0 Å². The third-order valence-electron chi connectivity index (χ3n) is 2.99. The van der Waals surface area contributed by atoms with Crippen LogP contribution in [0.4, 0.5) is 5.69 Å². The molecule has 0 aliphatic heterocycles. The van der Waals surface area contributed by atoms with Crippen LogP contribution in [0.2, 0.25) is 0 Å². The molecule has 0 spiro atoms. The summed E-state index contributed by atoms with van der Waals surface area (Å²) >= 11 is 0. The van der Waals surface area contributed by atoms with Gasteiger partial charge >= 0.3 is 0 Å². The van der Waals surface area contributed by atoms with E-state index in [0.29, 0.717) is 30.3 Å². The molecule has 1 rings (SSSR count). The first-order valence-corrected chi connectivity index (χ1v) is 6.69. The van der Waals surface area contributed by atoms with Gasteiger partial charge in [-0.25, -0.2) is 0 Å². The van der Waals surface area contributed by atoms with Gasteiger partial charge in [0.15, 0.2) is 0 Å². The minimum absolute atomic E-state index is 0.0133. The van der Waals surface area contributed by atoms with Gasteiger partial charge in [-0.15, -0.1) is 0 Å². The molecule has 1 aromatic rings. The Hall–Kier alpha value is -1.55. The predicted octanol–water partition coefficient (Wildman–Crippen LogP) is 2.64. The van der Waals surface area contributed by atoms with Crippen LogP contribution in [0.3, 0.4) is 0 Å². The highest BCUT2D eigenvalue weighted by atomic mass is 16.5. The first-order chi connectivity index (χ1) is 9.06. The van der Waals surface area contributed by atoms with E-state index >= 15 is 0 Å². The van der Waals surface area contributed by atoms with Crippen LogP contribution in [0.15, 0.2) is 24.3 Å². The van der Waals surface area contributed by atoms with E-state index in [-0.39, 0.29) is 11.8 Å². The number of nitrogens with two attached hydrogens (primary N) is 1. The number of benzene rings is 1. The number of nitrogens with one attached hydrogen (secondary N) is 1. The van der Waals surface area contributed by atoms with Gasteiger partial charge in [-0.05, 0) is 36.9 Å². The summed E-state index contributed by atoms with van der Waals surface area (Å²) in [4.78, 5) is 12.0. The quantitative estimate of drug-likeness (QED) is 0.795. The number of methoxy groups -OCH3 is 1. The first-order valence-electron chi connectivity index (χ1n) is 6.69. The summed E-state index contributed by atoms with van der Waals surface area (Å²) in [5, 5.41) is 2.88.